The van der Waals surface area contributed by atoms with Crippen LogP contribution >= 0.6 is 11.3 Å². The summed E-state index contributed by atoms with van der Waals surface area (Å²) in [4.78, 5) is 5.65. The minimum atomic E-state index is 0.199. The van der Waals surface area contributed by atoms with Gasteiger partial charge in [-0.15, -0.1) is 11.3 Å². The minimum absolute atomic E-state index is 0.199. The molecule has 2 heterocycles. The highest BCUT2D eigenvalue weighted by molar-refractivity contribution is 7.09. The topological polar surface area (TPSA) is 42.7 Å². The van der Waals surface area contributed by atoms with E-state index in [1.54, 1.807) is 11.3 Å². The van der Waals surface area contributed by atoms with Crippen molar-refractivity contribution < 1.29 is 0 Å². The van der Waals surface area contributed by atoms with Crippen molar-refractivity contribution in [3.63, 3.8) is 0 Å². The number of nitrogens with one attached hydrogen (secondary N) is 1. The molecule has 5 heteroatoms. The third-order valence-corrected chi connectivity index (χ3v) is 4.09. The van der Waals surface area contributed by atoms with Crippen molar-refractivity contribution in [2.24, 2.45) is 7.05 Å². The molecule has 0 saturated heterocycles. The van der Waals surface area contributed by atoms with E-state index in [2.05, 4.69) is 36.2 Å². The molecule has 2 aromatic heterocycles. The molecule has 0 radical (unpaired) electrons. The summed E-state index contributed by atoms with van der Waals surface area (Å²) in [6, 6.07) is 0.199. The Hall–Kier alpha value is -1.20. The van der Waals surface area contributed by atoms with Crippen molar-refractivity contribution in [3.05, 3.63) is 33.5 Å². The predicted octanol–water partition coefficient (Wildman–Crippen LogP) is 2.58. The normalized spacial score (nSPS) is 12.9. The van der Waals surface area contributed by atoms with Crippen LogP contribution in [0.1, 0.15) is 41.2 Å². The summed E-state index contributed by atoms with van der Waals surface area (Å²) in [6.45, 7) is 7.35. The summed E-state index contributed by atoms with van der Waals surface area (Å²) in [5.41, 5.74) is 5.47. The third-order valence-electron chi connectivity index (χ3n) is 3.09. The van der Waals surface area contributed by atoms with E-state index < -0.39 is 0 Å². The molecule has 1 N–H and O–H groups in total. The predicted molar refractivity (Wildman–Crippen MR) is 74.9 cm³/mol. The van der Waals surface area contributed by atoms with Gasteiger partial charge < -0.3 is 5.32 Å². The van der Waals surface area contributed by atoms with E-state index in [4.69, 9.17) is 0 Å². The van der Waals surface area contributed by atoms with Crippen LogP contribution in [0.2, 0.25) is 0 Å². The molecule has 98 valence electrons. The molecule has 0 saturated carbocycles. The van der Waals surface area contributed by atoms with Crippen LogP contribution in [0.25, 0.3) is 0 Å². The van der Waals surface area contributed by atoms with Gasteiger partial charge in [0, 0.05) is 7.05 Å². The maximum absolute atomic E-state index is 4.36. The zero-order chi connectivity index (χ0) is 13.1. The SMILES string of the molecule is CCCNC(c1scnc1C)c1c(C)cnn1C. The van der Waals surface area contributed by atoms with E-state index in [1.165, 1.54) is 16.1 Å². The first kappa shape index (κ1) is 13.2. The summed E-state index contributed by atoms with van der Waals surface area (Å²) in [6.07, 6.45) is 3.04. The molecule has 2 rings (SSSR count). The molecule has 0 spiro atoms. The molecule has 0 bridgehead atoms. The zero-order valence-electron chi connectivity index (χ0n) is 11.4. The minimum Gasteiger partial charge on any atom is -0.304 e. The molecular formula is C13H20N4S. The Kier molecular flexibility index (Phi) is 4.14. The van der Waals surface area contributed by atoms with Crippen LogP contribution in [-0.4, -0.2) is 21.3 Å². The largest absolute Gasteiger partial charge is 0.304 e. The molecule has 0 amide bonds. The Morgan fingerprint density at radius 2 is 2.22 bits per heavy atom. The summed E-state index contributed by atoms with van der Waals surface area (Å²) in [5, 5.41) is 7.95. The maximum Gasteiger partial charge on any atom is 0.0863 e. The van der Waals surface area contributed by atoms with Crippen LogP contribution in [-0.2, 0) is 7.05 Å². The van der Waals surface area contributed by atoms with Crippen molar-refractivity contribution in [2.45, 2.75) is 33.2 Å². The Balaban J connectivity index is 2.40. The second-order valence-corrected chi connectivity index (χ2v) is 5.41. The van der Waals surface area contributed by atoms with Gasteiger partial charge in [0.25, 0.3) is 0 Å². The smallest absolute Gasteiger partial charge is 0.0863 e. The molecule has 4 nitrogen and oxygen atoms in total. The first-order chi connectivity index (χ1) is 8.65. The monoisotopic (exact) mass is 264 g/mol. The molecule has 2 aromatic rings. The zero-order valence-corrected chi connectivity index (χ0v) is 12.2. The number of nitrogens with zero attached hydrogens (tertiary/aromatic N) is 3. The lowest BCUT2D eigenvalue weighted by atomic mass is 10.1. The molecule has 1 unspecified atom stereocenters. The van der Waals surface area contributed by atoms with Crippen molar-refractivity contribution in [3.8, 4) is 0 Å². The average Bonchev–Trinajstić information content (AvgIpc) is 2.90. The summed E-state index contributed by atoms with van der Waals surface area (Å²) in [5.74, 6) is 0. The van der Waals surface area contributed by atoms with Gasteiger partial charge in [-0.3, -0.25) is 4.68 Å². The van der Waals surface area contributed by atoms with Gasteiger partial charge in [-0.25, -0.2) is 4.98 Å². The van der Waals surface area contributed by atoms with Crippen molar-refractivity contribution in [2.75, 3.05) is 6.54 Å². The first-order valence-electron chi connectivity index (χ1n) is 6.27. The van der Waals surface area contributed by atoms with Crippen molar-refractivity contribution >= 4 is 11.3 Å². The van der Waals surface area contributed by atoms with Gasteiger partial charge in [0.15, 0.2) is 0 Å². The van der Waals surface area contributed by atoms with Crippen LogP contribution in [0, 0.1) is 13.8 Å². The standard InChI is InChI=1S/C13H20N4S/c1-5-6-14-11(13-10(3)15-8-18-13)12-9(2)7-16-17(12)4/h7-8,11,14H,5-6H2,1-4H3. The van der Waals surface area contributed by atoms with E-state index in [9.17, 15) is 0 Å². The second-order valence-electron chi connectivity index (χ2n) is 4.53. The first-order valence-corrected chi connectivity index (χ1v) is 7.15. The fourth-order valence-electron chi connectivity index (χ4n) is 2.16. The molecule has 0 fully saturated rings. The lowest BCUT2D eigenvalue weighted by Gasteiger charge is -2.19. The van der Waals surface area contributed by atoms with Crippen LogP contribution in [0.3, 0.4) is 0 Å². The molecule has 1 atom stereocenters. The summed E-state index contributed by atoms with van der Waals surface area (Å²) in [7, 11) is 2.00. The lowest BCUT2D eigenvalue weighted by Crippen LogP contribution is -2.25. The molecule has 0 aromatic carbocycles. The van der Waals surface area contributed by atoms with Crippen molar-refractivity contribution in [1.82, 2.24) is 20.1 Å². The number of hydrogen-bond acceptors (Lipinski definition) is 4. The molecular weight excluding hydrogens is 244 g/mol. The van der Waals surface area contributed by atoms with E-state index in [0.717, 1.165) is 18.7 Å². The summed E-state index contributed by atoms with van der Waals surface area (Å²) < 4.78 is 1.96. The van der Waals surface area contributed by atoms with Crippen LogP contribution < -0.4 is 5.32 Å². The quantitative estimate of drug-likeness (QED) is 0.902. The van der Waals surface area contributed by atoms with Gasteiger partial charge in [0.05, 0.1) is 34.0 Å². The highest BCUT2D eigenvalue weighted by Crippen LogP contribution is 2.29. The van der Waals surface area contributed by atoms with E-state index in [-0.39, 0.29) is 6.04 Å². The van der Waals surface area contributed by atoms with Gasteiger partial charge in [-0.1, -0.05) is 6.92 Å². The average molecular weight is 264 g/mol. The van der Waals surface area contributed by atoms with Gasteiger partial charge in [-0.2, -0.15) is 5.10 Å². The number of thiazole rings is 1. The second kappa shape index (κ2) is 5.63. The Morgan fingerprint density at radius 1 is 1.44 bits per heavy atom. The van der Waals surface area contributed by atoms with E-state index >= 15 is 0 Å². The Labute approximate surface area is 112 Å². The number of aryl methyl sites for hydroxylation is 3. The van der Waals surface area contributed by atoms with Crippen LogP contribution in [0.4, 0.5) is 0 Å². The molecule has 0 aliphatic heterocycles. The number of aromatic nitrogens is 3. The van der Waals surface area contributed by atoms with Crippen LogP contribution in [0.15, 0.2) is 11.7 Å². The number of hydrogen-bond donors (Lipinski definition) is 1. The maximum atomic E-state index is 4.36. The van der Waals surface area contributed by atoms with E-state index in [1.807, 2.05) is 23.4 Å². The highest BCUT2D eigenvalue weighted by atomic mass is 32.1. The molecule has 18 heavy (non-hydrogen) atoms. The highest BCUT2D eigenvalue weighted by Gasteiger charge is 2.22. The van der Waals surface area contributed by atoms with E-state index in [0.29, 0.717) is 0 Å². The molecule has 0 aliphatic carbocycles. The summed E-state index contributed by atoms with van der Waals surface area (Å²) >= 11 is 1.71. The number of rotatable bonds is 5. The Bertz CT molecular complexity index is 495. The van der Waals surface area contributed by atoms with Gasteiger partial charge in [0.1, 0.15) is 0 Å². The van der Waals surface area contributed by atoms with Gasteiger partial charge >= 0.3 is 0 Å². The van der Waals surface area contributed by atoms with Crippen LogP contribution in [0.5, 0.6) is 0 Å². The molecule has 0 aliphatic rings. The third kappa shape index (κ3) is 2.47. The van der Waals surface area contributed by atoms with Gasteiger partial charge in [-0.05, 0) is 32.4 Å². The Morgan fingerprint density at radius 3 is 2.72 bits per heavy atom. The lowest BCUT2D eigenvalue weighted by molar-refractivity contribution is 0.555. The fourth-order valence-corrected chi connectivity index (χ4v) is 3.04. The van der Waals surface area contributed by atoms with Crippen molar-refractivity contribution in [1.29, 1.82) is 0 Å². The fraction of sp³-hybridized carbons (Fsp3) is 0.538. The van der Waals surface area contributed by atoms with Gasteiger partial charge in [0.2, 0.25) is 0 Å².